The molecule has 0 unspecified atom stereocenters. The number of hydrogen-bond acceptors (Lipinski definition) is 5. The number of hydrogen-bond donors (Lipinski definition) is 1. The van der Waals surface area contributed by atoms with Crippen LogP contribution in [0.3, 0.4) is 0 Å². The van der Waals surface area contributed by atoms with Gasteiger partial charge in [-0.1, -0.05) is 35.3 Å². The first kappa shape index (κ1) is 22.3. The highest BCUT2D eigenvalue weighted by molar-refractivity contribution is 8.18. The summed E-state index contributed by atoms with van der Waals surface area (Å²) < 4.78 is 5.49. The van der Waals surface area contributed by atoms with E-state index in [9.17, 15) is 14.7 Å². The predicted molar refractivity (Wildman–Crippen MR) is 121 cm³/mol. The number of carbonyl (C=O) groups is 2. The summed E-state index contributed by atoms with van der Waals surface area (Å²) >= 11 is 13.2. The number of nitrogens with zero attached hydrogens (tertiary/aromatic N) is 1. The molecule has 2 aromatic rings. The lowest BCUT2D eigenvalue weighted by molar-refractivity contribution is -0.123. The normalized spacial score (nSPS) is 15.2. The summed E-state index contributed by atoms with van der Waals surface area (Å²) in [6.07, 6.45) is 3.70. The molecule has 0 spiro atoms. The minimum atomic E-state index is -0.433. The number of carbonyl (C=O) groups excluding carboxylic acids is 2. The number of halogens is 2. The van der Waals surface area contributed by atoms with Gasteiger partial charge < -0.3 is 9.84 Å². The Balaban J connectivity index is 1.92. The van der Waals surface area contributed by atoms with E-state index in [1.165, 1.54) is 0 Å². The maximum Gasteiger partial charge on any atom is 0.293 e. The molecule has 0 aromatic heterocycles. The van der Waals surface area contributed by atoms with E-state index in [1.807, 2.05) is 6.92 Å². The predicted octanol–water partition coefficient (Wildman–Crippen LogP) is 6.06. The lowest BCUT2D eigenvalue weighted by atomic mass is 10.1. The van der Waals surface area contributed by atoms with Crippen molar-refractivity contribution in [3.63, 3.8) is 0 Å². The van der Waals surface area contributed by atoms with Crippen LogP contribution in [0.25, 0.3) is 6.08 Å². The summed E-state index contributed by atoms with van der Waals surface area (Å²) in [5.41, 5.74) is 1.76. The Morgan fingerprint density at radius 2 is 1.93 bits per heavy atom. The van der Waals surface area contributed by atoms with Crippen molar-refractivity contribution in [3.05, 3.63) is 74.6 Å². The van der Waals surface area contributed by atoms with E-state index < -0.39 is 11.1 Å². The Morgan fingerprint density at radius 1 is 1.23 bits per heavy atom. The Kier molecular flexibility index (Phi) is 7.13. The third-order valence-corrected chi connectivity index (χ3v) is 6.01. The van der Waals surface area contributed by atoms with E-state index in [2.05, 4.69) is 6.58 Å². The van der Waals surface area contributed by atoms with E-state index in [0.717, 1.165) is 16.7 Å². The van der Waals surface area contributed by atoms with E-state index in [0.29, 0.717) is 45.5 Å². The summed E-state index contributed by atoms with van der Waals surface area (Å²) in [7, 11) is 0. The van der Waals surface area contributed by atoms with Crippen LogP contribution in [0.4, 0.5) is 4.79 Å². The van der Waals surface area contributed by atoms with Crippen molar-refractivity contribution in [3.8, 4) is 11.5 Å². The number of phenols is 1. The Morgan fingerprint density at radius 3 is 2.57 bits per heavy atom. The van der Waals surface area contributed by atoms with Crippen molar-refractivity contribution < 1.29 is 19.4 Å². The maximum absolute atomic E-state index is 12.9. The zero-order valence-corrected chi connectivity index (χ0v) is 18.5. The van der Waals surface area contributed by atoms with Crippen molar-refractivity contribution in [1.82, 2.24) is 4.90 Å². The van der Waals surface area contributed by atoms with E-state index in [1.54, 1.807) is 42.5 Å². The number of phenolic OH excluding ortho intramolecular Hbond substituents is 1. The smallest absolute Gasteiger partial charge is 0.293 e. The largest absolute Gasteiger partial charge is 0.504 e. The molecule has 0 saturated carbocycles. The SMILES string of the molecule is C=CCc1cc(/C=C2\SC(=O)N(Cc3c(Cl)cccc3Cl)C2=O)cc(OCC)c1O. The summed E-state index contributed by atoms with van der Waals surface area (Å²) in [5, 5.41) is 10.7. The molecular formula is C22H19Cl2NO4S. The van der Waals surface area contributed by atoms with Gasteiger partial charge in [0.25, 0.3) is 11.1 Å². The molecule has 5 nitrogen and oxygen atoms in total. The molecule has 3 rings (SSSR count). The number of amides is 2. The van der Waals surface area contributed by atoms with Crippen molar-refractivity contribution in [2.45, 2.75) is 19.9 Å². The molecule has 1 saturated heterocycles. The first-order valence-corrected chi connectivity index (χ1v) is 10.7. The first-order chi connectivity index (χ1) is 14.3. The third kappa shape index (κ3) is 4.67. The number of rotatable bonds is 7. The van der Waals surface area contributed by atoms with Gasteiger partial charge >= 0.3 is 0 Å². The van der Waals surface area contributed by atoms with Crippen LogP contribution in [0, 0.1) is 0 Å². The van der Waals surface area contributed by atoms with Gasteiger partial charge in [-0.25, -0.2) is 0 Å². The van der Waals surface area contributed by atoms with Crippen LogP contribution in [-0.4, -0.2) is 27.8 Å². The molecule has 1 fully saturated rings. The minimum Gasteiger partial charge on any atom is -0.504 e. The fourth-order valence-corrected chi connectivity index (χ4v) is 4.33. The Labute approximate surface area is 188 Å². The molecule has 0 bridgehead atoms. The average molecular weight is 464 g/mol. The number of thioether (sulfide) groups is 1. The highest BCUT2D eigenvalue weighted by Gasteiger charge is 2.35. The zero-order chi connectivity index (χ0) is 21.8. The van der Waals surface area contributed by atoms with Gasteiger partial charge in [-0.2, -0.15) is 0 Å². The Hall–Kier alpha value is -2.41. The minimum absolute atomic E-state index is 0.0119. The van der Waals surface area contributed by atoms with Crippen LogP contribution in [-0.2, 0) is 17.8 Å². The number of benzene rings is 2. The van der Waals surface area contributed by atoms with Gasteiger partial charge in [0, 0.05) is 21.2 Å². The van der Waals surface area contributed by atoms with Crippen molar-refractivity contribution in [2.75, 3.05) is 6.61 Å². The standard InChI is InChI=1S/C22H19Cl2NO4S/c1-3-6-14-9-13(10-18(20(14)26)29-4-2)11-19-21(27)25(22(28)30-19)12-15-16(23)7-5-8-17(15)24/h3,5,7-11,26H,1,4,6,12H2,2H3/b19-11-. The number of aromatic hydroxyl groups is 1. The second-order valence-electron chi connectivity index (χ2n) is 6.42. The van der Waals surface area contributed by atoms with E-state index in [4.69, 9.17) is 27.9 Å². The zero-order valence-electron chi connectivity index (χ0n) is 16.2. The van der Waals surface area contributed by atoms with Crippen LogP contribution in [0.1, 0.15) is 23.6 Å². The summed E-state index contributed by atoms with van der Waals surface area (Å²) in [4.78, 5) is 26.7. The van der Waals surface area contributed by atoms with Crippen molar-refractivity contribution >= 4 is 52.2 Å². The van der Waals surface area contributed by atoms with Gasteiger partial charge in [-0.05, 0) is 61.0 Å². The number of ether oxygens (including phenoxy) is 1. The molecule has 156 valence electrons. The van der Waals surface area contributed by atoms with Gasteiger partial charge in [0.2, 0.25) is 0 Å². The number of allylic oxidation sites excluding steroid dienone is 1. The topological polar surface area (TPSA) is 66.8 Å². The fourth-order valence-electron chi connectivity index (χ4n) is 2.98. The molecule has 0 aliphatic carbocycles. The lowest BCUT2D eigenvalue weighted by Crippen LogP contribution is -2.27. The first-order valence-electron chi connectivity index (χ1n) is 9.13. The second-order valence-corrected chi connectivity index (χ2v) is 8.23. The van der Waals surface area contributed by atoms with Gasteiger partial charge in [-0.15, -0.1) is 6.58 Å². The molecule has 1 N–H and O–H groups in total. The number of imide groups is 1. The van der Waals surface area contributed by atoms with E-state index in [-0.39, 0.29) is 17.2 Å². The molecular weight excluding hydrogens is 445 g/mol. The second kappa shape index (κ2) is 9.60. The van der Waals surface area contributed by atoms with Gasteiger partial charge in [-0.3, -0.25) is 14.5 Å². The van der Waals surface area contributed by atoms with Gasteiger partial charge in [0.1, 0.15) is 0 Å². The molecule has 1 aliphatic rings. The molecule has 2 aromatic carbocycles. The van der Waals surface area contributed by atoms with Crippen LogP contribution in [0.5, 0.6) is 11.5 Å². The van der Waals surface area contributed by atoms with E-state index >= 15 is 0 Å². The molecule has 0 atom stereocenters. The molecule has 1 aliphatic heterocycles. The molecule has 0 radical (unpaired) electrons. The quantitative estimate of drug-likeness (QED) is 0.399. The molecule has 8 heteroatoms. The molecule has 2 amide bonds. The van der Waals surface area contributed by atoms with Crippen LogP contribution >= 0.6 is 35.0 Å². The molecule has 30 heavy (non-hydrogen) atoms. The Bertz CT molecular complexity index is 1030. The fraction of sp³-hybridized carbons (Fsp3) is 0.182. The highest BCUT2D eigenvalue weighted by Crippen LogP contribution is 2.38. The summed E-state index contributed by atoms with van der Waals surface area (Å²) in [5.74, 6) is -0.0853. The van der Waals surface area contributed by atoms with Crippen molar-refractivity contribution in [1.29, 1.82) is 0 Å². The van der Waals surface area contributed by atoms with Crippen molar-refractivity contribution in [2.24, 2.45) is 0 Å². The van der Waals surface area contributed by atoms with Crippen LogP contribution in [0.15, 0.2) is 47.9 Å². The van der Waals surface area contributed by atoms with Gasteiger partial charge in [0.15, 0.2) is 11.5 Å². The van der Waals surface area contributed by atoms with Crippen LogP contribution in [0.2, 0.25) is 10.0 Å². The maximum atomic E-state index is 12.9. The monoisotopic (exact) mass is 463 g/mol. The highest BCUT2D eigenvalue weighted by atomic mass is 35.5. The average Bonchev–Trinajstić information content (AvgIpc) is 2.95. The molecule has 1 heterocycles. The van der Waals surface area contributed by atoms with Crippen LogP contribution < -0.4 is 4.74 Å². The summed E-state index contributed by atoms with van der Waals surface area (Å²) in [6.45, 7) is 5.87. The third-order valence-electron chi connectivity index (χ3n) is 4.39. The summed E-state index contributed by atoms with van der Waals surface area (Å²) in [6, 6.07) is 8.38. The van der Waals surface area contributed by atoms with Gasteiger partial charge in [0.05, 0.1) is 18.1 Å². The lowest BCUT2D eigenvalue weighted by Gasteiger charge is -2.14.